The van der Waals surface area contributed by atoms with Crippen LogP contribution in [0.4, 0.5) is 0 Å². The highest BCUT2D eigenvalue weighted by Crippen LogP contribution is 2.13. The van der Waals surface area contributed by atoms with Crippen LogP contribution in [0.5, 0.6) is 0 Å². The van der Waals surface area contributed by atoms with Crippen LogP contribution in [0.15, 0.2) is 70.5 Å². The molecule has 0 aliphatic carbocycles. The van der Waals surface area contributed by atoms with Crippen molar-refractivity contribution in [1.82, 2.24) is 0 Å². The van der Waals surface area contributed by atoms with E-state index in [1.165, 1.54) is 36.4 Å². The Kier molecular flexibility index (Phi) is 5.94. The third-order valence-corrected chi connectivity index (χ3v) is 5.75. The predicted molar refractivity (Wildman–Crippen MR) is 102 cm³/mol. The maximum Gasteiger partial charge on any atom is 0.178 e. The topological polar surface area (TPSA) is 85.3 Å². The zero-order valence-corrected chi connectivity index (χ0v) is 15.9. The first-order valence-electron chi connectivity index (χ1n) is 7.56. The van der Waals surface area contributed by atoms with Gasteiger partial charge >= 0.3 is 0 Å². The summed E-state index contributed by atoms with van der Waals surface area (Å²) < 4.78 is 45.6. The molecule has 0 aliphatic heterocycles. The third-order valence-electron chi connectivity index (χ3n) is 3.50. The van der Waals surface area contributed by atoms with E-state index in [2.05, 4.69) is 0 Å². The Labute approximate surface area is 153 Å². The summed E-state index contributed by atoms with van der Waals surface area (Å²) in [6.45, 7) is 0. The molecule has 0 saturated carbocycles. The van der Waals surface area contributed by atoms with E-state index in [-0.39, 0.29) is 15.6 Å². The summed E-state index contributed by atoms with van der Waals surface area (Å²) in [5, 5.41) is 0. The van der Waals surface area contributed by atoms with E-state index in [9.17, 15) is 21.6 Å². The van der Waals surface area contributed by atoms with Crippen LogP contribution in [-0.4, -0.2) is 35.1 Å². The van der Waals surface area contributed by atoms with E-state index in [0.29, 0.717) is 11.1 Å². The number of hydrogen-bond donors (Lipinski definition) is 0. The largest absolute Gasteiger partial charge is 0.290 e. The van der Waals surface area contributed by atoms with Gasteiger partial charge in [0.15, 0.2) is 25.5 Å². The Hall–Kier alpha value is -2.51. The molecule has 136 valence electrons. The fourth-order valence-corrected chi connectivity index (χ4v) is 3.33. The molecule has 0 bridgehead atoms. The van der Waals surface area contributed by atoms with E-state index < -0.39 is 19.7 Å². The Morgan fingerprint density at radius 2 is 0.962 bits per heavy atom. The number of carbonyl (C=O) groups excluding carboxylic acids is 1. The van der Waals surface area contributed by atoms with Crippen molar-refractivity contribution >= 4 is 37.6 Å². The van der Waals surface area contributed by atoms with Gasteiger partial charge in [-0.2, -0.15) is 0 Å². The van der Waals surface area contributed by atoms with Gasteiger partial charge in [0.05, 0.1) is 9.79 Å². The molecule has 2 aromatic carbocycles. The van der Waals surface area contributed by atoms with E-state index >= 15 is 0 Å². The molecule has 0 N–H and O–H groups in total. The van der Waals surface area contributed by atoms with Gasteiger partial charge in [-0.05, 0) is 47.5 Å². The molecule has 7 heteroatoms. The minimum absolute atomic E-state index is 0.221. The van der Waals surface area contributed by atoms with Crippen LogP contribution in [0.25, 0.3) is 12.2 Å². The predicted octanol–water partition coefficient (Wildman–Crippen LogP) is 2.79. The fourth-order valence-electron chi connectivity index (χ4n) is 2.06. The summed E-state index contributed by atoms with van der Waals surface area (Å²) in [5.74, 6) is -0.246. The second kappa shape index (κ2) is 7.80. The van der Waals surface area contributed by atoms with Crippen LogP contribution < -0.4 is 0 Å². The number of benzene rings is 2. The van der Waals surface area contributed by atoms with Gasteiger partial charge < -0.3 is 0 Å². The first-order valence-corrected chi connectivity index (χ1v) is 11.3. The maximum atomic E-state index is 11.9. The third kappa shape index (κ3) is 5.79. The van der Waals surface area contributed by atoms with Gasteiger partial charge in [-0.1, -0.05) is 36.4 Å². The average Bonchev–Trinajstić information content (AvgIpc) is 2.57. The monoisotopic (exact) mass is 390 g/mol. The molecule has 0 atom stereocenters. The summed E-state index contributed by atoms with van der Waals surface area (Å²) in [4.78, 5) is 12.3. The molecule has 26 heavy (non-hydrogen) atoms. The standard InChI is InChI=1S/C19H18O5S2/c1-25(21,22)18-11-5-15(6-12-18)3-9-17(20)10-4-16-7-13-19(14-8-16)26(2,23)24/h3-14H,1-2H3/b9-3+,10-4+. The number of rotatable bonds is 6. The highest BCUT2D eigenvalue weighted by atomic mass is 32.2. The lowest BCUT2D eigenvalue weighted by Gasteiger charge is -1.99. The molecule has 0 radical (unpaired) electrons. The van der Waals surface area contributed by atoms with Gasteiger partial charge in [-0.3, -0.25) is 4.79 Å². The molecule has 0 amide bonds. The van der Waals surface area contributed by atoms with Crippen molar-refractivity contribution in [1.29, 1.82) is 0 Å². The van der Waals surface area contributed by atoms with Gasteiger partial charge in [0.2, 0.25) is 0 Å². The number of allylic oxidation sites excluding steroid dienone is 2. The lowest BCUT2D eigenvalue weighted by Crippen LogP contribution is -1.96. The summed E-state index contributed by atoms with van der Waals surface area (Å²) in [6, 6.07) is 12.4. The van der Waals surface area contributed by atoms with Crippen molar-refractivity contribution in [3.63, 3.8) is 0 Å². The van der Waals surface area contributed by atoms with Crippen molar-refractivity contribution in [3.05, 3.63) is 71.8 Å². The number of carbonyl (C=O) groups is 1. The Balaban J connectivity index is 2.03. The van der Waals surface area contributed by atoms with Gasteiger partial charge in [0, 0.05) is 12.5 Å². The molecule has 0 unspecified atom stereocenters. The van der Waals surface area contributed by atoms with Gasteiger partial charge in [-0.25, -0.2) is 16.8 Å². The van der Waals surface area contributed by atoms with Crippen LogP contribution in [0.1, 0.15) is 11.1 Å². The Morgan fingerprint density at radius 3 is 1.23 bits per heavy atom. The summed E-state index contributed by atoms with van der Waals surface area (Å²) in [5.41, 5.74) is 1.41. The normalized spacial score (nSPS) is 12.7. The van der Waals surface area contributed by atoms with Gasteiger partial charge in [-0.15, -0.1) is 0 Å². The quantitative estimate of drug-likeness (QED) is 0.708. The zero-order valence-electron chi connectivity index (χ0n) is 14.3. The highest BCUT2D eigenvalue weighted by molar-refractivity contribution is 7.91. The van der Waals surface area contributed by atoms with E-state index in [1.807, 2.05) is 0 Å². The van der Waals surface area contributed by atoms with Crippen LogP contribution >= 0.6 is 0 Å². The van der Waals surface area contributed by atoms with Gasteiger partial charge in [0.25, 0.3) is 0 Å². The molecule has 0 spiro atoms. The minimum atomic E-state index is -3.24. The van der Waals surface area contributed by atoms with E-state index in [1.54, 1.807) is 36.4 Å². The van der Waals surface area contributed by atoms with Crippen molar-refractivity contribution < 1.29 is 21.6 Å². The Bertz CT molecular complexity index is 970. The summed E-state index contributed by atoms with van der Waals surface area (Å²) in [7, 11) is -6.48. The lowest BCUT2D eigenvalue weighted by atomic mass is 10.1. The zero-order chi connectivity index (χ0) is 19.4. The lowest BCUT2D eigenvalue weighted by molar-refractivity contribution is -0.110. The smallest absolute Gasteiger partial charge is 0.178 e. The van der Waals surface area contributed by atoms with E-state index in [4.69, 9.17) is 0 Å². The van der Waals surface area contributed by atoms with Crippen molar-refractivity contribution in [3.8, 4) is 0 Å². The highest BCUT2D eigenvalue weighted by Gasteiger charge is 2.06. The first kappa shape index (κ1) is 19.8. The molecule has 0 fully saturated rings. The number of sulfone groups is 2. The summed E-state index contributed by atoms with van der Waals surface area (Å²) in [6.07, 6.45) is 8.19. The van der Waals surface area contributed by atoms with E-state index in [0.717, 1.165) is 12.5 Å². The number of hydrogen-bond acceptors (Lipinski definition) is 5. The molecular weight excluding hydrogens is 372 g/mol. The van der Waals surface area contributed by atoms with Crippen molar-refractivity contribution in [2.75, 3.05) is 12.5 Å². The van der Waals surface area contributed by atoms with Crippen LogP contribution in [0.3, 0.4) is 0 Å². The average molecular weight is 390 g/mol. The fraction of sp³-hybridized carbons (Fsp3) is 0.105. The van der Waals surface area contributed by atoms with Crippen LogP contribution in [0, 0.1) is 0 Å². The SMILES string of the molecule is CS(=O)(=O)c1ccc(/C=C/C(=O)/C=C/c2ccc(S(C)(=O)=O)cc2)cc1. The molecule has 2 aromatic rings. The first-order chi connectivity index (χ1) is 12.1. The minimum Gasteiger partial charge on any atom is -0.290 e. The maximum absolute atomic E-state index is 11.9. The molecule has 0 saturated heterocycles. The van der Waals surface area contributed by atoms with Crippen LogP contribution in [-0.2, 0) is 24.5 Å². The van der Waals surface area contributed by atoms with Crippen molar-refractivity contribution in [2.45, 2.75) is 9.79 Å². The second-order valence-corrected chi connectivity index (χ2v) is 9.78. The number of ketones is 1. The summed E-state index contributed by atoms with van der Waals surface area (Å²) >= 11 is 0. The molecule has 2 rings (SSSR count). The Morgan fingerprint density at radius 1 is 0.654 bits per heavy atom. The van der Waals surface area contributed by atoms with Crippen molar-refractivity contribution in [2.24, 2.45) is 0 Å². The molecule has 0 heterocycles. The van der Waals surface area contributed by atoms with Gasteiger partial charge in [0.1, 0.15) is 0 Å². The van der Waals surface area contributed by atoms with Crippen LogP contribution in [0.2, 0.25) is 0 Å². The molecular formula is C19H18O5S2. The molecule has 0 aliphatic rings. The molecule has 0 aromatic heterocycles. The second-order valence-electron chi connectivity index (χ2n) is 5.75. The molecule has 5 nitrogen and oxygen atoms in total.